The molecule has 1 aliphatic heterocycles. The Bertz CT molecular complexity index is 333. The topological polar surface area (TPSA) is 53.0 Å². The third kappa shape index (κ3) is 8.37. The molecule has 2 N–H and O–H groups in total. The van der Waals surface area contributed by atoms with Crippen molar-refractivity contribution in [1.82, 2.24) is 0 Å². The van der Waals surface area contributed by atoms with Gasteiger partial charge in [-0.25, -0.2) is 0 Å². The van der Waals surface area contributed by atoms with Crippen molar-refractivity contribution in [3.05, 3.63) is 10.2 Å². The molecule has 3 atom stereocenters. The van der Waals surface area contributed by atoms with E-state index in [0.29, 0.717) is 6.42 Å². The van der Waals surface area contributed by atoms with Gasteiger partial charge in [0.25, 0.3) is 0 Å². The molecule has 0 radical (unpaired) electrons. The molecule has 1 heterocycles. The van der Waals surface area contributed by atoms with Gasteiger partial charge in [0.2, 0.25) is 0 Å². The van der Waals surface area contributed by atoms with Crippen LogP contribution in [-0.4, -0.2) is 46.6 Å². The first-order chi connectivity index (χ1) is 10.9. The van der Waals surface area contributed by atoms with Crippen LogP contribution in [0.4, 0.5) is 0 Å². The fourth-order valence-electron chi connectivity index (χ4n) is 3.33. The van der Waals surface area contributed by atoms with Gasteiger partial charge in [-0.05, 0) is 0 Å². The summed E-state index contributed by atoms with van der Waals surface area (Å²) in [5.74, 6) is 0. The van der Waals surface area contributed by atoms with Crippen LogP contribution >= 0.6 is 0 Å². The van der Waals surface area contributed by atoms with E-state index in [1.807, 2.05) is 6.92 Å². The van der Waals surface area contributed by atoms with Crippen molar-refractivity contribution in [2.45, 2.75) is 104 Å². The van der Waals surface area contributed by atoms with Crippen molar-refractivity contribution < 1.29 is 14.9 Å². The normalized spacial score (nSPS) is 24.1. The number of ether oxygens (including phenoxy) is 1. The Morgan fingerprint density at radius 2 is 1.43 bits per heavy atom. The van der Waals surface area contributed by atoms with Crippen LogP contribution in [0.25, 0.3) is 0 Å². The molecule has 3 nitrogen and oxygen atoms in total. The molecule has 0 unspecified atom stereocenters. The second kappa shape index (κ2) is 10.4. The van der Waals surface area contributed by atoms with Gasteiger partial charge in [0.15, 0.2) is 0 Å². The average Bonchev–Trinajstić information content (AvgIpc) is 3.20. The van der Waals surface area contributed by atoms with E-state index in [1.54, 1.807) is 0 Å². The van der Waals surface area contributed by atoms with E-state index in [9.17, 15) is 10.2 Å². The molecule has 1 rings (SSSR count). The third-order valence-corrected chi connectivity index (χ3v) is 19.1. The molecular weight excluding hydrogens is 395 g/mol. The van der Waals surface area contributed by atoms with Crippen LogP contribution < -0.4 is 0 Å². The monoisotopic (exact) mass is 434 g/mol. The Hall–Kier alpha value is 0.419. The van der Waals surface area contributed by atoms with Gasteiger partial charge < -0.3 is 0 Å². The van der Waals surface area contributed by atoms with Gasteiger partial charge in [0, 0.05) is 0 Å². The first kappa shape index (κ1) is 21.5. The van der Waals surface area contributed by atoms with Crippen molar-refractivity contribution in [2.75, 3.05) is 0 Å². The van der Waals surface area contributed by atoms with Gasteiger partial charge in [-0.1, -0.05) is 0 Å². The quantitative estimate of drug-likeness (QED) is 0.325. The van der Waals surface area contributed by atoms with Gasteiger partial charge in [0.05, 0.1) is 0 Å². The molecule has 0 aliphatic carbocycles. The summed E-state index contributed by atoms with van der Waals surface area (Å²) in [5.41, 5.74) is -0.852. The predicted molar refractivity (Wildman–Crippen MR) is 100 cm³/mol. The summed E-state index contributed by atoms with van der Waals surface area (Å²) in [5, 5.41) is 20.0. The maximum atomic E-state index is 10.6. The summed E-state index contributed by atoms with van der Waals surface area (Å²) in [6, 6.07) is 0. The van der Waals surface area contributed by atoms with E-state index >= 15 is 0 Å². The average molecular weight is 433 g/mol. The van der Waals surface area contributed by atoms with E-state index in [4.69, 9.17) is 4.74 Å². The summed E-state index contributed by atoms with van der Waals surface area (Å²) in [6.07, 6.45) is 9.53. The Morgan fingerprint density at radius 1 is 1.00 bits per heavy atom. The zero-order valence-corrected chi connectivity index (χ0v) is 18.5. The molecule has 1 aliphatic rings. The zero-order chi connectivity index (χ0) is 17.3. The molecule has 4 heteroatoms. The number of hydrogen-bond donors (Lipinski definition) is 2. The second-order valence-corrected chi connectivity index (χ2v) is 20.6. The van der Waals surface area contributed by atoms with Gasteiger partial charge in [0.1, 0.15) is 0 Å². The zero-order valence-electron chi connectivity index (χ0n) is 15.7. The molecule has 0 bridgehead atoms. The predicted octanol–water partition coefficient (Wildman–Crippen LogP) is 4.79. The molecular formula is C19H38O3Sn. The maximum absolute atomic E-state index is 10.6. The molecule has 0 spiro atoms. The van der Waals surface area contributed by atoms with E-state index in [0.717, 1.165) is 0 Å². The third-order valence-electron chi connectivity index (χ3n) is 5.05. The molecule has 0 aromatic heterocycles. The Balaban J connectivity index is 2.78. The summed E-state index contributed by atoms with van der Waals surface area (Å²) < 4.78 is 11.8. The van der Waals surface area contributed by atoms with Crippen LogP contribution in [0.1, 0.15) is 72.6 Å². The van der Waals surface area contributed by atoms with Gasteiger partial charge in [-0.15, -0.1) is 0 Å². The summed E-state index contributed by atoms with van der Waals surface area (Å²) in [7, 11) is 0. The Kier molecular flexibility index (Phi) is 9.72. The van der Waals surface area contributed by atoms with Crippen LogP contribution in [0.15, 0.2) is 10.2 Å². The van der Waals surface area contributed by atoms with Gasteiger partial charge in [-0.2, -0.15) is 0 Å². The Morgan fingerprint density at radius 3 is 1.78 bits per heavy atom. The van der Waals surface area contributed by atoms with E-state index in [1.165, 1.54) is 51.8 Å². The first-order valence-corrected chi connectivity index (χ1v) is 17.3. The van der Waals surface area contributed by atoms with Crippen molar-refractivity contribution in [1.29, 1.82) is 0 Å². The molecule has 23 heavy (non-hydrogen) atoms. The standard InChI is InChI=1S/C7H11O3.3C4H9.Sn/c1-3-7(2,9)4-5-6(8)10-5;3*1-3-4-2;/h1,3,5-6,8-9H,4H2,2H3;3*1,3-4H2,2H3;/t5-,6-,7+;;;;/m1..../s1. The fourth-order valence-corrected chi connectivity index (χ4v) is 18.0. The number of epoxide rings is 1. The number of rotatable bonds is 13. The minimum atomic E-state index is -2.32. The molecule has 0 saturated carbocycles. The summed E-state index contributed by atoms with van der Waals surface area (Å²) >= 11 is -2.32. The van der Waals surface area contributed by atoms with Gasteiger partial charge >= 0.3 is 147 Å². The Labute approximate surface area is 147 Å². The number of hydrogen-bond acceptors (Lipinski definition) is 3. The first-order valence-electron chi connectivity index (χ1n) is 9.64. The van der Waals surface area contributed by atoms with Crippen LogP contribution in [-0.2, 0) is 4.74 Å². The van der Waals surface area contributed by atoms with Crippen molar-refractivity contribution in [3.63, 3.8) is 0 Å². The van der Waals surface area contributed by atoms with Crippen LogP contribution in [0, 0.1) is 0 Å². The van der Waals surface area contributed by atoms with Crippen molar-refractivity contribution in [2.24, 2.45) is 0 Å². The molecule has 1 fully saturated rings. The molecule has 136 valence electrons. The van der Waals surface area contributed by atoms with E-state index < -0.39 is 30.3 Å². The fraction of sp³-hybridized carbons (Fsp3) is 0.895. The molecule has 0 aromatic carbocycles. The molecule has 0 amide bonds. The summed E-state index contributed by atoms with van der Waals surface area (Å²) in [4.78, 5) is 0. The second-order valence-electron chi connectivity index (χ2n) is 7.63. The number of aliphatic hydroxyl groups is 2. The minimum absolute atomic E-state index is 0.179. The SMILES string of the molecule is CCC[CH2][Sn](/[CH]=C/[C@](C)(O)C[C@H]1O[C@H]1O)([CH2]CCC)[CH2]CCC. The van der Waals surface area contributed by atoms with Crippen molar-refractivity contribution >= 4 is 18.4 Å². The van der Waals surface area contributed by atoms with Crippen LogP contribution in [0.5, 0.6) is 0 Å². The number of unbranched alkanes of at least 4 members (excludes halogenated alkanes) is 3. The van der Waals surface area contributed by atoms with Crippen molar-refractivity contribution in [3.8, 4) is 0 Å². The molecule has 0 aromatic rings. The number of aliphatic hydroxyl groups excluding tert-OH is 1. The van der Waals surface area contributed by atoms with Crippen LogP contribution in [0.2, 0.25) is 13.3 Å². The van der Waals surface area contributed by atoms with E-state index in [2.05, 4.69) is 30.9 Å². The van der Waals surface area contributed by atoms with E-state index in [-0.39, 0.29) is 6.10 Å². The van der Waals surface area contributed by atoms with Crippen LogP contribution in [0.3, 0.4) is 0 Å². The van der Waals surface area contributed by atoms with Gasteiger partial charge in [-0.3, -0.25) is 0 Å². The summed E-state index contributed by atoms with van der Waals surface area (Å²) in [6.45, 7) is 8.69. The molecule has 1 saturated heterocycles.